The van der Waals surface area contributed by atoms with Crippen LogP contribution in [0.3, 0.4) is 0 Å². The summed E-state index contributed by atoms with van der Waals surface area (Å²) in [5.41, 5.74) is 10.3. The van der Waals surface area contributed by atoms with Gasteiger partial charge < -0.3 is 15.5 Å². The molecule has 1 aliphatic heterocycles. The Morgan fingerprint density at radius 1 is 1.32 bits per heavy atom. The van der Waals surface area contributed by atoms with Gasteiger partial charge in [-0.3, -0.25) is 4.98 Å². The number of nitrogens with two attached hydrogens (primary N) is 1. The number of nitrogens with one attached hydrogen (secondary N) is 1. The summed E-state index contributed by atoms with van der Waals surface area (Å²) in [6, 6.07) is 3.36. The molecule has 3 rings (SSSR count). The molecule has 0 atom stereocenters. The molecule has 0 aromatic carbocycles. The van der Waals surface area contributed by atoms with Crippen molar-refractivity contribution in [1.29, 1.82) is 0 Å². The van der Waals surface area contributed by atoms with E-state index in [1.54, 1.807) is 17.0 Å². The SMILES string of the molecule is Nc1cnc2ccc(Cl)nc2c1NOC(=O)N1CCCCC1. The van der Waals surface area contributed by atoms with Crippen LogP contribution in [-0.2, 0) is 4.84 Å². The van der Waals surface area contributed by atoms with Crippen LogP contribution in [0.2, 0.25) is 5.15 Å². The van der Waals surface area contributed by atoms with Crippen molar-refractivity contribution in [3.63, 3.8) is 0 Å². The Hall–Kier alpha value is -2.28. The number of hydrogen-bond donors (Lipinski definition) is 2. The van der Waals surface area contributed by atoms with Crippen molar-refractivity contribution >= 4 is 40.1 Å². The van der Waals surface area contributed by atoms with Gasteiger partial charge in [0.05, 0.1) is 17.4 Å². The highest BCUT2D eigenvalue weighted by atomic mass is 35.5. The summed E-state index contributed by atoms with van der Waals surface area (Å²) in [4.78, 5) is 27.2. The maximum Gasteiger partial charge on any atom is 0.434 e. The second-order valence-electron chi connectivity index (χ2n) is 5.11. The standard InChI is InChI=1S/C14H16ClN5O2/c15-11-5-4-10-13(18-11)12(9(16)8-17-10)19-22-14(21)20-6-2-1-3-7-20/h4-5,8H,1-3,6-7,16H2,(H,17,19). The lowest BCUT2D eigenvalue weighted by Crippen LogP contribution is -2.37. The van der Waals surface area contributed by atoms with Crippen LogP contribution in [0.15, 0.2) is 18.3 Å². The Bertz CT molecular complexity index is 698. The molecule has 0 bridgehead atoms. The summed E-state index contributed by atoms with van der Waals surface area (Å²) in [7, 11) is 0. The molecule has 1 fully saturated rings. The number of nitrogens with zero attached hydrogens (tertiary/aromatic N) is 3. The van der Waals surface area contributed by atoms with Gasteiger partial charge in [-0.2, -0.15) is 0 Å². The number of piperidine rings is 1. The number of amides is 1. The van der Waals surface area contributed by atoms with Gasteiger partial charge >= 0.3 is 6.09 Å². The lowest BCUT2D eigenvalue weighted by Gasteiger charge is -2.25. The molecule has 0 spiro atoms. The lowest BCUT2D eigenvalue weighted by molar-refractivity contribution is 0.114. The number of pyridine rings is 2. The van der Waals surface area contributed by atoms with E-state index in [0.29, 0.717) is 40.7 Å². The highest BCUT2D eigenvalue weighted by Crippen LogP contribution is 2.27. The molecule has 0 radical (unpaired) electrons. The number of nitrogen functional groups attached to an aromatic ring is 1. The summed E-state index contributed by atoms with van der Waals surface area (Å²) < 4.78 is 0. The highest BCUT2D eigenvalue weighted by Gasteiger charge is 2.19. The molecule has 8 heteroatoms. The van der Waals surface area contributed by atoms with Gasteiger partial charge in [-0.1, -0.05) is 11.6 Å². The molecule has 7 nitrogen and oxygen atoms in total. The molecule has 2 aromatic heterocycles. The van der Waals surface area contributed by atoms with Crippen LogP contribution in [-0.4, -0.2) is 34.1 Å². The number of fused-ring (bicyclic) bond motifs is 1. The van der Waals surface area contributed by atoms with E-state index in [4.69, 9.17) is 22.2 Å². The molecule has 0 unspecified atom stereocenters. The third-order valence-electron chi connectivity index (χ3n) is 3.56. The van der Waals surface area contributed by atoms with Gasteiger partial charge in [0, 0.05) is 13.1 Å². The van der Waals surface area contributed by atoms with E-state index in [2.05, 4.69) is 15.4 Å². The van der Waals surface area contributed by atoms with Crippen LogP contribution in [0.4, 0.5) is 16.2 Å². The molecule has 0 saturated carbocycles. The molecule has 1 amide bonds. The highest BCUT2D eigenvalue weighted by molar-refractivity contribution is 6.29. The molecule has 22 heavy (non-hydrogen) atoms. The number of halogens is 1. The van der Waals surface area contributed by atoms with Gasteiger partial charge in [0.1, 0.15) is 16.4 Å². The minimum Gasteiger partial charge on any atom is -0.396 e. The van der Waals surface area contributed by atoms with Gasteiger partial charge in [0.15, 0.2) is 0 Å². The van der Waals surface area contributed by atoms with Crippen molar-refractivity contribution in [3.05, 3.63) is 23.5 Å². The van der Waals surface area contributed by atoms with Crippen LogP contribution in [0.25, 0.3) is 11.0 Å². The number of rotatable bonds is 2. The molecular weight excluding hydrogens is 306 g/mol. The monoisotopic (exact) mass is 321 g/mol. The van der Waals surface area contributed by atoms with E-state index in [9.17, 15) is 4.79 Å². The smallest absolute Gasteiger partial charge is 0.396 e. The van der Waals surface area contributed by atoms with Crippen LogP contribution < -0.4 is 11.2 Å². The van der Waals surface area contributed by atoms with Crippen molar-refractivity contribution in [3.8, 4) is 0 Å². The van der Waals surface area contributed by atoms with Crippen LogP contribution in [0, 0.1) is 0 Å². The molecule has 3 N–H and O–H groups in total. The van der Waals surface area contributed by atoms with Crippen LogP contribution in [0.1, 0.15) is 19.3 Å². The first kappa shape index (κ1) is 14.6. The zero-order valence-electron chi connectivity index (χ0n) is 11.9. The van der Waals surface area contributed by atoms with E-state index >= 15 is 0 Å². The molecule has 2 aromatic rings. The molecular formula is C14H16ClN5O2. The minimum absolute atomic E-state index is 0.310. The van der Waals surface area contributed by atoms with E-state index in [0.717, 1.165) is 19.3 Å². The fourth-order valence-corrected chi connectivity index (χ4v) is 2.55. The Morgan fingerprint density at radius 3 is 2.86 bits per heavy atom. The van der Waals surface area contributed by atoms with Crippen molar-refractivity contribution in [2.45, 2.75) is 19.3 Å². The van der Waals surface area contributed by atoms with Gasteiger partial charge in [0.2, 0.25) is 0 Å². The maximum atomic E-state index is 12.0. The van der Waals surface area contributed by atoms with Crippen LogP contribution >= 0.6 is 11.6 Å². The topological polar surface area (TPSA) is 93.4 Å². The maximum absolute atomic E-state index is 12.0. The van der Waals surface area contributed by atoms with Gasteiger partial charge in [-0.15, -0.1) is 0 Å². The zero-order chi connectivity index (χ0) is 15.5. The van der Waals surface area contributed by atoms with Crippen molar-refractivity contribution in [2.24, 2.45) is 0 Å². The third-order valence-corrected chi connectivity index (χ3v) is 3.77. The Kier molecular flexibility index (Phi) is 4.15. The second kappa shape index (κ2) is 6.23. The fraction of sp³-hybridized carbons (Fsp3) is 0.357. The number of carbonyl (C=O) groups is 1. The summed E-state index contributed by atoms with van der Waals surface area (Å²) in [5.74, 6) is 0. The van der Waals surface area contributed by atoms with Crippen molar-refractivity contribution in [2.75, 3.05) is 24.3 Å². The summed E-state index contributed by atoms with van der Waals surface area (Å²) in [6.45, 7) is 1.41. The normalized spacial score (nSPS) is 14.9. The molecule has 1 saturated heterocycles. The fourth-order valence-electron chi connectivity index (χ4n) is 2.40. The number of aromatic nitrogens is 2. The van der Waals surface area contributed by atoms with Gasteiger partial charge in [0.25, 0.3) is 0 Å². The summed E-state index contributed by atoms with van der Waals surface area (Å²) in [5, 5.41) is 0.310. The van der Waals surface area contributed by atoms with Crippen molar-refractivity contribution in [1.82, 2.24) is 14.9 Å². The number of anilines is 2. The summed E-state index contributed by atoms with van der Waals surface area (Å²) in [6.07, 6.45) is 4.18. The van der Waals surface area contributed by atoms with Gasteiger partial charge in [-0.05, 0) is 31.4 Å². The first-order chi connectivity index (χ1) is 10.6. The zero-order valence-corrected chi connectivity index (χ0v) is 12.6. The van der Waals surface area contributed by atoms with Crippen LogP contribution in [0.5, 0.6) is 0 Å². The largest absolute Gasteiger partial charge is 0.434 e. The number of carbonyl (C=O) groups excluding carboxylic acids is 1. The average molecular weight is 322 g/mol. The third kappa shape index (κ3) is 2.99. The van der Waals surface area contributed by atoms with Crippen molar-refractivity contribution < 1.29 is 9.63 Å². The number of likely N-dealkylation sites (tertiary alicyclic amines) is 1. The molecule has 3 heterocycles. The predicted octanol–water partition coefficient (Wildman–Crippen LogP) is 2.81. The van der Waals surface area contributed by atoms with Gasteiger partial charge in [-0.25, -0.2) is 15.3 Å². The first-order valence-electron chi connectivity index (χ1n) is 7.07. The number of hydrogen-bond acceptors (Lipinski definition) is 6. The summed E-state index contributed by atoms with van der Waals surface area (Å²) >= 11 is 5.90. The first-order valence-corrected chi connectivity index (χ1v) is 7.45. The van der Waals surface area contributed by atoms with E-state index in [1.807, 2.05) is 0 Å². The molecule has 1 aliphatic rings. The minimum atomic E-state index is -0.425. The van der Waals surface area contributed by atoms with E-state index in [1.165, 1.54) is 6.20 Å². The predicted molar refractivity (Wildman–Crippen MR) is 84.5 cm³/mol. The Morgan fingerprint density at radius 2 is 2.09 bits per heavy atom. The van der Waals surface area contributed by atoms with E-state index < -0.39 is 6.09 Å². The lowest BCUT2D eigenvalue weighted by atomic mass is 10.1. The molecule has 116 valence electrons. The Balaban J connectivity index is 1.79. The average Bonchev–Trinajstić information content (AvgIpc) is 2.54. The Labute approximate surface area is 132 Å². The van der Waals surface area contributed by atoms with E-state index in [-0.39, 0.29) is 0 Å². The molecule has 0 aliphatic carbocycles. The second-order valence-corrected chi connectivity index (χ2v) is 5.50. The quantitative estimate of drug-likeness (QED) is 0.652.